The van der Waals surface area contributed by atoms with Gasteiger partial charge in [0, 0.05) is 22.9 Å². The van der Waals surface area contributed by atoms with Crippen LogP contribution in [0.4, 0.5) is 11.4 Å². The monoisotopic (exact) mass is 168 g/mol. The fraction of sp³-hybridized carbons (Fsp3) is 0.143. The Labute approximate surface area is 67.8 Å². The molecule has 1 aromatic rings. The van der Waals surface area contributed by atoms with E-state index >= 15 is 0 Å². The summed E-state index contributed by atoms with van der Waals surface area (Å²) in [6.45, 7) is 0. The lowest BCUT2D eigenvalue weighted by Gasteiger charge is -2.00. The van der Waals surface area contributed by atoms with Gasteiger partial charge in [-0.2, -0.15) is 0 Å². The molecule has 2 rings (SSSR count). The molecule has 0 spiro atoms. The number of fused-ring (bicyclic) bond motifs is 1. The van der Waals surface area contributed by atoms with Gasteiger partial charge in [-0.25, -0.2) is 0 Å². The maximum absolute atomic E-state index is 11.2. The SMILES string of the molecule is Nc1ccc2c(c1)[S+]([O-])CN2. The summed E-state index contributed by atoms with van der Waals surface area (Å²) in [5.74, 6) is 0.513. The van der Waals surface area contributed by atoms with Gasteiger partial charge < -0.3 is 15.6 Å². The molecule has 0 aromatic heterocycles. The molecule has 0 saturated carbocycles. The maximum Gasteiger partial charge on any atom is 0.181 e. The van der Waals surface area contributed by atoms with Crippen LogP contribution in [0, 0.1) is 0 Å². The van der Waals surface area contributed by atoms with Gasteiger partial charge in [-0.1, -0.05) is 0 Å². The normalized spacial score (nSPS) is 21.0. The second kappa shape index (κ2) is 2.32. The van der Waals surface area contributed by atoms with Crippen LogP contribution in [0.15, 0.2) is 23.1 Å². The van der Waals surface area contributed by atoms with Crippen LogP contribution in [0.25, 0.3) is 0 Å². The van der Waals surface area contributed by atoms with E-state index in [1.807, 2.05) is 6.07 Å². The summed E-state index contributed by atoms with van der Waals surface area (Å²) in [6.07, 6.45) is 0. The molecule has 11 heavy (non-hydrogen) atoms. The van der Waals surface area contributed by atoms with Crippen LogP contribution in [0.1, 0.15) is 0 Å². The highest BCUT2D eigenvalue weighted by Gasteiger charge is 2.23. The van der Waals surface area contributed by atoms with Crippen molar-refractivity contribution in [2.75, 3.05) is 16.9 Å². The van der Waals surface area contributed by atoms with Crippen molar-refractivity contribution in [1.29, 1.82) is 0 Å². The Bertz CT molecular complexity index is 290. The van der Waals surface area contributed by atoms with E-state index < -0.39 is 11.2 Å². The molecule has 3 N–H and O–H groups in total. The molecule has 0 fully saturated rings. The second-order valence-corrected chi connectivity index (χ2v) is 3.84. The molecule has 3 nitrogen and oxygen atoms in total. The number of nitrogens with two attached hydrogens (primary N) is 1. The lowest BCUT2D eigenvalue weighted by atomic mass is 10.3. The average Bonchev–Trinajstić information content (AvgIpc) is 2.33. The van der Waals surface area contributed by atoms with Gasteiger partial charge in [0.1, 0.15) is 0 Å². The quantitative estimate of drug-likeness (QED) is 0.444. The van der Waals surface area contributed by atoms with E-state index in [1.165, 1.54) is 0 Å². The first-order chi connectivity index (χ1) is 5.27. The summed E-state index contributed by atoms with van der Waals surface area (Å²) in [7, 11) is 0. The lowest BCUT2D eigenvalue weighted by molar-refractivity contribution is 0.600. The molecule has 0 radical (unpaired) electrons. The summed E-state index contributed by atoms with van der Waals surface area (Å²) < 4.78 is 11.2. The summed E-state index contributed by atoms with van der Waals surface area (Å²) in [5.41, 5.74) is 7.14. The first kappa shape index (κ1) is 6.82. The average molecular weight is 168 g/mol. The van der Waals surface area contributed by atoms with Crippen molar-refractivity contribution in [2.24, 2.45) is 0 Å². The first-order valence-corrected chi connectivity index (χ1v) is 4.61. The molecule has 1 atom stereocenters. The van der Waals surface area contributed by atoms with Crippen molar-refractivity contribution in [3.05, 3.63) is 18.2 Å². The number of nitrogens with one attached hydrogen (secondary N) is 1. The highest BCUT2D eigenvalue weighted by molar-refractivity contribution is 7.92. The van der Waals surface area contributed by atoms with Gasteiger partial charge in [0.15, 0.2) is 10.8 Å². The minimum absolute atomic E-state index is 0.513. The van der Waals surface area contributed by atoms with E-state index in [0.717, 1.165) is 10.6 Å². The minimum atomic E-state index is -0.899. The Morgan fingerprint density at radius 3 is 3.18 bits per heavy atom. The summed E-state index contributed by atoms with van der Waals surface area (Å²) >= 11 is -0.899. The molecule has 58 valence electrons. The first-order valence-electron chi connectivity index (χ1n) is 3.29. The zero-order valence-electron chi connectivity index (χ0n) is 5.83. The van der Waals surface area contributed by atoms with Crippen LogP contribution < -0.4 is 11.1 Å². The molecular formula is C7H8N2OS. The van der Waals surface area contributed by atoms with Gasteiger partial charge in [0.05, 0.1) is 5.69 Å². The number of rotatable bonds is 0. The number of nitrogen functional groups attached to an aromatic ring is 1. The van der Waals surface area contributed by atoms with E-state index in [-0.39, 0.29) is 0 Å². The third kappa shape index (κ3) is 1.04. The Morgan fingerprint density at radius 1 is 1.55 bits per heavy atom. The zero-order valence-corrected chi connectivity index (χ0v) is 6.65. The van der Waals surface area contributed by atoms with Crippen molar-refractivity contribution < 1.29 is 4.55 Å². The fourth-order valence-corrected chi connectivity index (χ4v) is 2.19. The second-order valence-electron chi connectivity index (χ2n) is 2.42. The number of benzene rings is 1. The molecule has 4 heteroatoms. The molecule has 0 aliphatic carbocycles. The van der Waals surface area contributed by atoms with E-state index in [2.05, 4.69) is 5.32 Å². The predicted octanol–water partition coefficient (Wildman–Crippen LogP) is 0.759. The molecule has 1 heterocycles. The van der Waals surface area contributed by atoms with Gasteiger partial charge in [-0.05, 0) is 12.1 Å². The summed E-state index contributed by atoms with van der Waals surface area (Å²) in [5, 5.41) is 3.02. The van der Waals surface area contributed by atoms with Crippen molar-refractivity contribution in [3.8, 4) is 0 Å². The standard InChI is InChI=1S/C7H8N2OS/c8-5-1-2-6-7(3-5)11(10)4-9-6/h1-3,9H,4,8H2. The highest BCUT2D eigenvalue weighted by atomic mass is 32.2. The van der Waals surface area contributed by atoms with Gasteiger partial charge in [0.2, 0.25) is 0 Å². The van der Waals surface area contributed by atoms with Crippen LogP contribution in [0.5, 0.6) is 0 Å². The van der Waals surface area contributed by atoms with Gasteiger partial charge in [-0.3, -0.25) is 0 Å². The van der Waals surface area contributed by atoms with Gasteiger partial charge >= 0.3 is 0 Å². The Balaban J connectivity index is 2.52. The smallest absolute Gasteiger partial charge is 0.181 e. The molecule has 1 unspecified atom stereocenters. The summed E-state index contributed by atoms with van der Waals surface area (Å²) in [6, 6.07) is 5.41. The van der Waals surface area contributed by atoms with Crippen molar-refractivity contribution in [2.45, 2.75) is 4.90 Å². The minimum Gasteiger partial charge on any atom is -0.610 e. The molecule has 0 saturated heterocycles. The predicted molar refractivity (Wildman–Crippen MR) is 45.8 cm³/mol. The molecule has 1 aliphatic rings. The fourth-order valence-electron chi connectivity index (χ4n) is 1.09. The van der Waals surface area contributed by atoms with E-state index in [4.69, 9.17) is 5.73 Å². The highest BCUT2D eigenvalue weighted by Crippen LogP contribution is 2.29. The van der Waals surface area contributed by atoms with E-state index in [1.54, 1.807) is 12.1 Å². The van der Waals surface area contributed by atoms with Gasteiger partial charge in [0.25, 0.3) is 0 Å². The van der Waals surface area contributed by atoms with Crippen LogP contribution in [-0.2, 0) is 11.2 Å². The van der Waals surface area contributed by atoms with Crippen molar-refractivity contribution in [3.63, 3.8) is 0 Å². The maximum atomic E-state index is 11.2. The largest absolute Gasteiger partial charge is 0.610 e. The number of anilines is 2. The summed E-state index contributed by atoms with van der Waals surface area (Å²) in [4.78, 5) is 0.824. The molecular weight excluding hydrogens is 160 g/mol. The van der Waals surface area contributed by atoms with Crippen LogP contribution in [0.2, 0.25) is 0 Å². The van der Waals surface area contributed by atoms with Crippen molar-refractivity contribution >= 4 is 22.6 Å². The Kier molecular flexibility index (Phi) is 1.44. The third-order valence-electron chi connectivity index (χ3n) is 1.64. The van der Waals surface area contributed by atoms with Crippen molar-refractivity contribution in [1.82, 2.24) is 0 Å². The third-order valence-corrected chi connectivity index (χ3v) is 2.88. The number of hydrogen-bond acceptors (Lipinski definition) is 3. The van der Waals surface area contributed by atoms with Gasteiger partial charge in [-0.15, -0.1) is 0 Å². The number of hydrogen-bond donors (Lipinski definition) is 2. The lowest BCUT2D eigenvalue weighted by Crippen LogP contribution is -2.02. The van der Waals surface area contributed by atoms with E-state index in [0.29, 0.717) is 11.6 Å². The zero-order chi connectivity index (χ0) is 7.84. The Hall–Kier alpha value is -0.870. The van der Waals surface area contributed by atoms with Crippen LogP contribution in [-0.4, -0.2) is 10.4 Å². The molecule has 0 bridgehead atoms. The van der Waals surface area contributed by atoms with Crippen LogP contribution in [0.3, 0.4) is 0 Å². The van der Waals surface area contributed by atoms with Crippen LogP contribution >= 0.6 is 0 Å². The topological polar surface area (TPSA) is 61.1 Å². The van der Waals surface area contributed by atoms with E-state index in [9.17, 15) is 4.55 Å². The Morgan fingerprint density at radius 2 is 2.36 bits per heavy atom. The molecule has 1 aromatic carbocycles. The molecule has 0 amide bonds. The molecule has 1 aliphatic heterocycles.